The summed E-state index contributed by atoms with van der Waals surface area (Å²) in [7, 11) is -3.03. The van der Waals surface area contributed by atoms with E-state index in [1.165, 1.54) is 12.1 Å². The summed E-state index contributed by atoms with van der Waals surface area (Å²) in [4.78, 5) is 10.6. The van der Waals surface area contributed by atoms with Crippen molar-refractivity contribution in [3.8, 4) is 0 Å². The average Bonchev–Trinajstić information content (AvgIpc) is 2.17. The van der Waals surface area contributed by atoms with Crippen molar-refractivity contribution in [3.05, 3.63) is 29.8 Å². The first-order chi connectivity index (χ1) is 6.95. The number of methoxy groups -OCH3 is 1. The minimum atomic E-state index is -4.07. The van der Waals surface area contributed by atoms with E-state index in [4.69, 9.17) is 0 Å². The average molecular weight is 230 g/mol. The lowest BCUT2D eigenvalue weighted by atomic mass is 10.2. The van der Waals surface area contributed by atoms with Gasteiger partial charge in [0.15, 0.2) is 0 Å². The van der Waals surface area contributed by atoms with Crippen molar-refractivity contribution in [3.63, 3.8) is 0 Å². The first-order valence-electron chi connectivity index (χ1n) is 4.05. The Morgan fingerprint density at radius 3 is 2.53 bits per heavy atom. The van der Waals surface area contributed by atoms with Crippen molar-refractivity contribution in [2.45, 2.75) is 11.8 Å². The van der Waals surface area contributed by atoms with Crippen LogP contribution in [0, 0.1) is 6.92 Å². The van der Waals surface area contributed by atoms with Crippen LogP contribution in [0.1, 0.15) is 5.56 Å². The summed E-state index contributed by atoms with van der Waals surface area (Å²) in [6.07, 6.45) is -1.25. The number of benzene rings is 1. The monoisotopic (exact) mass is 230 g/mol. The molecule has 0 aliphatic carbocycles. The highest BCUT2D eigenvalue weighted by molar-refractivity contribution is 7.87. The third-order valence-electron chi connectivity index (χ3n) is 1.62. The smallest absolute Gasteiger partial charge is 0.437 e. The van der Waals surface area contributed by atoms with E-state index < -0.39 is 16.3 Å². The van der Waals surface area contributed by atoms with E-state index in [2.05, 4.69) is 8.92 Å². The Morgan fingerprint density at radius 2 is 2.00 bits per heavy atom. The normalized spacial score (nSPS) is 10.8. The van der Waals surface area contributed by atoms with Crippen LogP contribution in [0.15, 0.2) is 29.2 Å². The third-order valence-corrected chi connectivity index (χ3v) is 2.81. The van der Waals surface area contributed by atoms with Gasteiger partial charge in [-0.15, -0.1) is 0 Å². The van der Waals surface area contributed by atoms with Gasteiger partial charge in [0, 0.05) is 0 Å². The van der Waals surface area contributed by atoms with Crippen molar-refractivity contribution in [2.24, 2.45) is 0 Å². The largest absolute Gasteiger partial charge is 0.524 e. The molecule has 0 aliphatic rings. The highest BCUT2D eigenvalue weighted by atomic mass is 32.2. The number of hydrogen-bond acceptors (Lipinski definition) is 5. The Hall–Kier alpha value is -1.56. The molecule has 0 atom stereocenters. The first-order valence-corrected chi connectivity index (χ1v) is 5.45. The second kappa shape index (κ2) is 4.31. The molecule has 0 saturated heterocycles. The molecule has 0 heterocycles. The van der Waals surface area contributed by atoms with Crippen LogP contribution in [-0.2, 0) is 19.0 Å². The molecule has 0 fully saturated rings. The Morgan fingerprint density at radius 1 is 1.33 bits per heavy atom. The molecule has 0 amide bonds. The van der Waals surface area contributed by atoms with E-state index in [0.29, 0.717) is 0 Å². The molecule has 1 aromatic rings. The zero-order valence-corrected chi connectivity index (χ0v) is 9.08. The number of ether oxygens (including phenoxy) is 1. The van der Waals surface area contributed by atoms with Crippen molar-refractivity contribution in [1.82, 2.24) is 0 Å². The molecule has 0 saturated carbocycles. The Labute approximate surface area is 87.7 Å². The summed E-state index contributed by atoms with van der Waals surface area (Å²) in [5, 5.41) is 0. The Balaban J connectivity index is 3.01. The fraction of sp³-hybridized carbons (Fsp3) is 0.222. The number of aryl methyl sites for hydroxylation is 1. The lowest BCUT2D eigenvalue weighted by Crippen LogP contribution is -2.13. The Bertz CT molecular complexity index is 463. The van der Waals surface area contributed by atoms with Gasteiger partial charge in [0.1, 0.15) is 4.90 Å². The zero-order chi connectivity index (χ0) is 11.5. The van der Waals surface area contributed by atoms with Gasteiger partial charge in [-0.3, -0.25) is 0 Å². The van der Waals surface area contributed by atoms with Crippen molar-refractivity contribution in [2.75, 3.05) is 7.11 Å². The molecule has 0 radical (unpaired) electrons. The van der Waals surface area contributed by atoms with Crippen LogP contribution in [0.3, 0.4) is 0 Å². The molecule has 0 N–H and O–H groups in total. The molecule has 5 nitrogen and oxygen atoms in total. The molecule has 0 aliphatic heterocycles. The van der Waals surface area contributed by atoms with Gasteiger partial charge >= 0.3 is 16.3 Å². The quantitative estimate of drug-likeness (QED) is 0.568. The summed E-state index contributed by atoms with van der Waals surface area (Å²) in [6.45, 7) is 1.73. The van der Waals surface area contributed by atoms with E-state index in [9.17, 15) is 13.2 Å². The van der Waals surface area contributed by atoms with Gasteiger partial charge in [0.25, 0.3) is 0 Å². The second-order valence-electron chi connectivity index (χ2n) is 2.81. The third kappa shape index (κ3) is 2.95. The van der Waals surface area contributed by atoms with E-state index in [-0.39, 0.29) is 4.90 Å². The predicted molar refractivity (Wildman–Crippen MR) is 51.9 cm³/mol. The van der Waals surface area contributed by atoms with Crippen molar-refractivity contribution < 1.29 is 22.1 Å². The molecular formula is C9H10O5S. The summed E-state index contributed by atoms with van der Waals surface area (Å²) >= 11 is 0. The minimum Gasteiger partial charge on any atom is -0.437 e. The summed E-state index contributed by atoms with van der Waals surface area (Å²) in [6, 6.07) is 6.03. The highest BCUT2D eigenvalue weighted by Crippen LogP contribution is 2.14. The fourth-order valence-corrected chi connectivity index (χ4v) is 1.86. The van der Waals surface area contributed by atoms with Gasteiger partial charge in [-0.05, 0) is 24.6 Å². The maximum atomic E-state index is 11.4. The summed E-state index contributed by atoms with van der Waals surface area (Å²) in [5.74, 6) is 0. The molecule has 1 rings (SSSR count). The maximum Gasteiger partial charge on any atom is 0.524 e. The second-order valence-corrected chi connectivity index (χ2v) is 4.35. The SMILES string of the molecule is COC(=O)OS(=O)(=O)c1cccc(C)c1. The Kier molecular flexibility index (Phi) is 3.31. The first kappa shape index (κ1) is 11.5. The van der Waals surface area contributed by atoms with Crippen molar-refractivity contribution in [1.29, 1.82) is 0 Å². The standard InChI is InChI=1S/C9H10O5S/c1-7-4-3-5-8(6-7)15(11,12)14-9(10)13-2/h3-6H,1-2H3. The number of rotatable bonds is 2. The molecule has 6 heteroatoms. The van der Waals surface area contributed by atoms with Gasteiger partial charge in [-0.1, -0.05) is 12.1 Å². The topological polar surface area (TPSA) is 69.7 Å². The van der Waals surface area contributed by atoms with Crippen LogP contribution >= 0.6 is 0 Å². The highest BCUT2D eigenvalue weighted by Gasteiger charge is 2.20. The van der Waals surface area contributed by atoms with Crippen LogP contribution in [-0.4, -0.2) is 21.7 Å². The van der Waals surface area contributed by atoms with Crippen LogP contribution in [0.4, 0.5) is 4.79 Å². The molecule has 0 bridgehead atoms. The molecule has 0 aromatic heterocycles. The van der Waals surface area contributed by atoms with Gasteiger partial charge in [0.2, 0.25) is 0 Å². The zero-order valence-electron chi connectivity index (χ0n) is 8.26. The van der Waals surface area contributed by atoms with E-state index >= 15 is 0 Å². The number of carbonyl (C=O) groups excluding carboxylic acids is 1. The van der Waals surface area contributed by atoms with Crippen LogP contribution < -0.4 is 0 Å². The molecule has 1 aromatic carbocycles. The van der Waals surface area contributed by atoms with E-state index in [0.717, 1.165) is 12.7 Å². The fourth-order valence-electron chi connectivity index (χ4n) is 0.943. The molecule has 0 unspecified atom stereocenters. The lowest BCUT2D eigenvalue weighted by molar-refractivity contribution is 0.124. The van der Waals surface area contributed by atoms with E-state index in [1.54, 1.807) is 19.1 Å². The van der Waals surface area contributed by atoms with Gasteiger partial charge in [-0.2, -0.15) is 8.42 Å². The minimum absolute atomic E-state index is 0.0760. The number of hydrogen-bond donors (Lipinski definition) is 0. The molecule has 0 spiro atoms. The molecule has 15 heavy (non-hydrogen) atoms. The van der Waals surface area contributed by atoms with Gasteiger partial charge in [-0.25, -0.2) is 4.79 Å². The lowest BCUT2D eigenvalue weighted by Gasteiger charge is -2.04. The van der Waals surface area contributed by atoms with Crippen LogP contribution in [0.2, 0.25) is 0 Å². The molecular weight excluding hydrogens is 220 g/mol. The van der Waals surface area contributed by atoms with Gasteiger partial charge in [0.05, 0.1) is 7.11 Å². The van der Waals surface area contributed by atoms with Crippen LogP contribution in [0.25, 0.3) is 0 Å². The summed E-state index contributed by atoms with van der Waals surface area (Å²) in [5.41, 5.74) is 0.754. The molecule has 82 valence electrons. The summed E-state index contributed by atoms with van der Waals surface area (Å²) < 4.78 is 31.1. The maximum absolute atomic E-state index is 11.4. The van der Waals surface area contributed by atoms with Crippen LogP contribution in [0.5, 0.6) is 0 Å². The van der Waals surface area contributed by atoms with E-state index in [1.807, 2.05) is 0 Å². The number of carbonyl (C=O) groups is 1. The van der Waals surface area contributed by atoms with Gasteiger partial charge < -0.3 is 8.92 Å². The van der Waals surface area contributed by atoms with Crippen molar-refractivity contribution >= 4 is 16.3 Å². The predicted octanol–water partition coefficient (Wildman–Crippen LogP) is 1.47.